The normalized spacial score (nSPS) is 21.0. The van der Waals surface area contributed by atoms with Gasteiger partial charge in [-0.2, -0.15) is 0 Å². The lowest BCUT2D eigenvalue weighted by molar-refractivity contribution is -0.145. The highest BCUT2D eigenvalue weighted by molar-refractivity contribution is 6.37. The Hall–Kier alpha value is -5.12. The highest BCUT2D eigenvalue weighted by atomic mass is 16.5. The molecule has 0 aromatic heterocycles. The van der Waals surface area contributed by atoms with E-state index < -0.39 is 16.9 Å². The van der Waals surface area contributed by atoms with Crippen molar-refractivity contribution in [2.75, 3.05) is 7.11 Å². The van der Waals surface area contributed by atoms with Crippen molar-refractivity contribution in [1.29, 1.82) is 0 Å². The van der Waals surface area contributed by atoms with Gasteiger partial charge in [-0.15, -0.1) is 0 Å². The first-order chi connectivity index (χ1) is 21.6. The number of carbonyl (C=O) groups is 2. The first-order valence-electron chi connectivity index (χ1n) is 15.0. The predicted molar refractivity (Wildman–Crippen MR) is 174 cm³/mol. The van der Waals surface area contributed by atoms with Crippen LogP contribution in [-0.4, -0.2) is 24.3 Å². The fraction of sp³-hybridized carbons (Fsp3) is 0.122. The molecule has 3 heteroatoms. The van der Waals surface area contributed by atoms with E-state index in [9.17, 15) is 0 Å². The van der Waals surface area contributed by atoms with Crippen LogP contribution in [0, 0.1) is 5.41 Å². The van der Waals surface area contributed by atoms with Crippen molar-refractivity contribution < 1.29 is 14.3 Å². The average molecular weight is 573 g/mol. The Kier molecular flexibility index (Phi) is 7.04. The summed E-state index contributed by atoms with van der Waals surface area (Å²) in [5.74, 6) is -1.36. The molecule has 5 aromatic carbocycles. The van der Waals surface area contributed by atoms with Gasteiger partial charge in [-0.3, -0.25) is 9.59 Å². The van der Waals surface area contributed by atoms with E-state index in [0.29, 0.717) is 5.57 Å². The maximum absolute atomic E-state index is 15.4. The summed E-state index contributed by atoms with van der Waals surface area (Å²) in [4.78, 5) is 30.6. The van der Waals surface area contributed by atoms with Crippen molar-refractivity contribution in [3.8, 4) is 0 Å². The fourth-order valence-electron chi connectivity index (χ4n) is 7.26. The second-order valence-electron chi connectivity index (χ2n) is 11.5. The van der Waals surface area contributed by atoms with E-state index in [1.165, 1.54) is 0 Å². The molecule has 3 nitrogen and oxygen atoms in total. The Balaban J connectivity index is 1.59. The molecule has 0 unspecified atom stereocenters. The summed E-state index contributed by atoms with van der Waals surface area (Å²) < 4.78 is 6.42. The van der Waals surface area contributed by atoms with Gasteiger partial charge in [-0.05, 0) is 39.5 Å². The minimum absolute atomic E-state index is 0.214. The second-order valence-corrected chi connectivity index (χ2v) is 11.5. The van der Waals surface area contributed by atoms with Crippen molar-refractivity contribution in [2.24, 2.45) is 5.41 Å². The molecule has 0 radical (unpaired) electrons. The number of hydrogen-bond acceptors (Lipinski definition) is 3. The topological polar surface area (TPSA) is 43.4 Å². The van der Waals surface area contributed by atoms with Gasteiger partial charge in [0.2, 0.25) is 0 Å². The van der Waals surface area contributed by atoms with Crippen LogP contribution in [0.25, 0.3) is 5.57 Å². The number of ether oxygens (including phenoxy) is 1. The summed E-state index contributed by atoms with van der Waals surface area (Å²) in [6.45, 7) is 0. The molecule has 0 aliphatic heterocycles. The number of carbonyl (C=O) groups excluding carboxylic acids is 2. The Labute approximate surface area is 258 Å². The third-order valence-corrected chi connectivity index (χ3v) is 9.20. The number of benzene rings is 5. The molecule has 0 spiro atoms. The van der Waals surface area contributed by atoms with Gasteiger partial charge in [0, 0.05) is 24.5 Å². The lowest BCUT2D eigenvalue weighted by Crippen LogP contribution is -2.54. The van der Waals surface area contributed by atoms with Crippen LogP contribution in [0.5, 0.6) is 0 Å². The van der Waals surface area contributed by atoms with E-state index in [0.717, 1.165) is 33.4 Å². The lowest BCUT2D eigenvalue weighted by atomic mass is 9.59. The molecular formula is C41H32O3. The monoisotopic (exact) mass is 572 g/mol. The molecule has 0 amide bonds. The molecule has 0 fully saturated rings. The molecule has 5 aromatic rings. The van der Waals surface area contributed by atoms with Crippen molar-refractivity contribution >= 4 is 17.1 Å². The minimum atomic E-state index is -1.55. The highest BCUT2D eigenvalue weighted by Gasteiger charge is 2.68. The van der Waals surface area contributed by atoms with Gasteiger partial charge in [-0.25, -0.2) is 0 Å². The van der Waals surface area contributed by atoms with Crippen LogP contribution in [0.4, 0.5) is 0 Å². The summed E-state index contributed by atoms with van der Waals surface area (Å²) in [6.07, 6.45) is 3.76. The summed E-state index contributed by atoms with van der Waals surface area (Å²) in [5, 5.41) is 0. The van der Waals surface area contributed by atoms with Crippen molar-refractivity contribution in [1.82, 2.24) is 0 Å². The Morgan fingerprint density at radius 1 is 0.523 bits per heavy atom. The van der Waals surface area contributed by atoms with Gasteiger partial charge in [-0.1, -0.05) is 158 Å². The van der Waals surface area contributed by atoms with Crippen molar-refractivity contribution in [3.63, 3.8) is 0 Å². The summed E-state index contributed by atoms with van der Waals surface area (Å²) in [5.41, 5.74) is 2.86. The quantitative estimate of drug-likeness (QED) is 0.139. The van der Waals surface area contributed by atoms with E-state index in [1.54, 1.807) is 13.2 Å². The molecule has 2 aliphatic carbocycles. The largest absolute Gasteiger partial charge is 0.362 e. The Morgan fingerprint density at radius 2 is 0.932 bits per heavy atom. The number of ketones is 2. The number of methoxy groups -OCH3 is 1. The molecule has 0 heterocycles. The maximum Gasteiger partial charge on any atom is 0.191 e. The van der Waals surface area contributed by atoms with Crippen LogP contribution in [0.2, 0.25) is 0 Å². The summed E-state index contributed by atoms with van der Waals surface area (Å²) in [6, 6.07) is 49.8. The third-order valence-electron chi connectivity index (χ3n) is 9.20. The molecule has 44 heavy (non-hydrogen) atoms. The zero-order valence-corrected chi connectivity index (χ0v) is 24.5. The van der Waals surface area contributed by atoms with E-state index in [1.807, 2.05) is 133 Å². The number of fused-ring (bicyclic) bond motifs is 2. The fourth-order valence-corrected chi connectivity index (χ4v) is 7.26. The Morgan fingerprint density at radius 3 is 1.36 bits per heavy atom. The maximum atomic E-state index is 15.4. The van der Waals surface area contributed by atoms with Gasteiger partial charge in [0.1, 0.15) is 5.41 Å². The summed E-state index contributed by atoms with van der Waals surface area (Å²) >= 11 is 0. The molecular weight excluding hydrogens is 540 g/mol. The van der Waals surface area contributed by atoms with Gasteiger partial charge >= 0.3 is 0 Å². The van der Waals surface area contributed by atoms with E-state index in [4.69, 9.17) is 4.74 Å². The van der Waals surface area contributed by atoms with Gasteiger partial charge < -0.3 is 4.74 Å². The molecule has 0 saturated heterocycles. The van der Waals surface area contributed by atoms with E-state index in [-0.39, 0.29) is 17.5 Å². The SMILES string of the molecule is CO[C@@]12C=C(c3ccccc3)C(=O)[C@@](C(c3ccccc3)c3ccccc3)(C=C1C(c1ccccc1)c1ccccc1)C2=O. The molecule has 0 saturated carbocycles. The minimum Gasteiger partial charge on any atom is -0.362 e. The number of rotatable bonds is 8. The first kappa shape index (κ1) is 27.7. The highest BCUT2D eigenvalue weighted by Crippen LogP contribution is 2.61. The number of hydrogen-bond donors (Lipinski definition) is 0. The van der Waals surface area contributed by atoms with Crippen LogP contribution >= 0.6 is 0 Å². The smallest absolute Gasteiger partial charge is 0.191 e. The molecule has 0 N–H and O–H groups in total. The van der Waals surface area contributed by atoms with E-state index >= 15 is 9.59 Å². The third kappa shape index (κ3) is 4.24. The van der Waals surface area contributed by atoms with Gasteiger partial charge in [0.05, 0.1) is 0 Å². The second kappa shape index (κ2) is 11.2. The van der Waals surface area contributed by atoms with Crippen molar-refractivity contribution in [2.45, 2.75) is 17.4 Å². The average Bonchev–Trinajstić information content (AvgIpc) is 3.27. The van der Waals surface area contributed by atoms with Crippen molar-refractivity contribution in [3.05, 3.63) is 197 Å². The number of allylic oxidation sites excluding steroid dienone is 2. The lowest BCUT2D eigenvalue weighted by Gasteiger charge is -2.41. The first-order valence-corrected chi connectivity index (χ1v) is 15.0. The zero-order chi connectivity index (χ0) is 30.1. The Bertz CT molecular complexity index is 1780. The van der Waals surface area contributed by atoms with Gasteiger partial charge in [0.25, 0.3) is 0 Å². The van der Waals surface area contributed by atoms with Crippen LogP contribution in [0.3, 0.4) is 0 Å². The van der Waals surface area contributed by atoms with Crippen LogP contribution in [0.15, 0.2) is 169 Å². The molecule has 214 valence electrons. The zero-order valence-electron chi connectivity index (χ0n) is 24.5. The molecule has 2 aliphatic rings. The predicted octanol–water partition coefficient (Wildman–Crippen LogP) is 8.20. The molecule has 2 bridgehead atoms. The van der Waals surface area contributed by atoms with Crippen LogP contribution in [-0.2, 0) is 14.3 Å². The van der Waals surface area contributed by atoms with Gasteiger partial charge in [0.15, 0.2) is 17.2 Å². The van der Waals surface area contributed by atoms with Crippen LogP contribution in [0.1, 0.15) is 39.7 Å². The molecule has 7 rings (SSSR count). The molecule has 2 atom stereocenters. The standard InChI is InChI=1S/C41H32O3/c1-44-41-27-34(29-17-7-2-8-18-29)38(42)40(39(41)43,37(32-23-13-5-14-24-32)33-25-15-6-16-26-33)28-35(41)36(30-19-9-3-10-20-30)31-21-11-4-12-22-31/h2-28,36-37H,1H3/t40-,41-/m0/s1. The van der Waals surface area contributed by atoms with Crippen LogP contribution < -0.4 is 0 Å². The summed E-state index contributed by atoms with van der Waals surface area (Å²) in [7, 11) is 1.59. The van der Waals surface area contributed by atoms with E-state index in [2.05, 4.69) is 24.3 Å². The number of Topliss-reactive ketones (excluding diaryl/α,β-unsaturated/α-hetero) is 2.